The predicted octanol–water partition coefficient (Wildman–Crippen LogP) is 3.85. The Hall–Kier alpha value is -2.58. The highest BCUT2D eigenvalue weighted by molar-refractivity contribution is 8.16. The van der Waals surface area contributed by atoms with E-state index in [1.54, 1.807) is 0 Å². The molecule has 0 N–H and O–H groups in total. The van der Waals surface area contributed by atoms with E-state index in [1.165, 1.54) is 11.8 Å². The lowest BCUT2D eigenvalue weighted by Gasteiger charge is -2.37. The second kappa shape index (κ2) is 9.11. The number of amides is 1. The first kappa shape index (κ1) is 22.6. The monoisotopic (exact) mass is 455 g/mol. The van der Waals surface area contributed by atoms with Crippen molar-refractivity contribution in [2.75, 3.05) is 26.3 Å². The fraction of sp³-hybridized carbons (Fsp3) is 0.458. The third-order valence-corrected chi connectivity index (χ3v) is 6.32. The number of esters is 1. The highest BCUT2D eigenvalue weighted by atomic mass is 32.2. The molecule has 0 saturated carbocycles. The molecule has 1 fully saturated rings. The zero-order valence-corrected chi connectivity index (χ0v) is 19.8. The van der Waals surface area contributed by atoms with Gasteiger partial charge in [0.25, 0.3) is 0 Å². The van der Waals surface area contributed by atoms with E-state index < -0.39 is 11.6 Å². The van der Waals surface area contributed by atoms with Gasteiger partial charge in [-0.1, -0.05) is 42.1 Å². The van der Waals surface area contributed by atoms with Crippen molar-refractivity contribution < 1.29 is 19.1 Å². The molecular formula is C24H29N3O4S. The molecule has 3 aliphatic rings. The number of aliphatic imine (C=N–C) groups is 1. The zero-order chi connectivity index (χ0) is 22.9. The predicted molar refractivity (Wildman–Crippen MR) is 125 cm³/mol. The maximum Gasteiger partial charge on any atom is 0.338 e. The zero-order valence-electron chi connectivity index (χ0n) is 19.0. The topological polar surface area (TPSA) is 71.4 Å². The summed E-state index contributed by atoms with van der Waals surface area (Å²) in [5.41, 5.74) is 2.31. The first-order chi connectivity index (χ1) is 15.2. The molecule has 3 heterocycles. The summed E-state index contributed by atoms with van der Waals surface area (Å²) in [5, 5.41) is 2.74. The van der Waals surface area contributed by atoms with Gasteiger partial charge >= 0.3 is 5.97 Å². The Kier molecular flexibility index (Phi) is 6.44. The Bertz CT molecular complexity index is 988. The number of benzene rings is 1. The summed E-state index contributed by atoms with van der Waals surface area (Å²) in [6.07, 6.45) is 0.246. The van der Waals surface area contributed by atoms with Crippen LogP contribution in [0.4, 0.5) is 0 Å². The summed E-state index contributed by atoms with van der Waals surface area (Å²) in [7, 11) is 0. The number of nitrogens with zero attached hydrogens (tertiary/aromatic N) is 3. The third kappa shape index (κ3) is 4.76. The largest absolute Gasteiger partial charge is 0.456 e. The second-order valence-electron chi connectivity index (χ2n) is 8.98. The van der Waals surface area contributed by atoms with E-state index in [1.807, 2.05) is 73.2 Å². The lowest BCUT2D eigenvalue weighted by atomic mass is 9.93. The van der Waals surface area contributed by atoms with Crippen LogP contribution in [0.2, 0.25) is 0 Å². The molecule has 4 rings (SSSR count). The molecule has 0 aromatic heterocycles. The minimum atomic E-state index is -0.625. The number of allylic oxidation sites excluding steroid dienone is 1. The van der Waals surface area contributed by atoms with Gasteiger partial charge in [-0.15, -0.1) is 0 Å². The molecule has 170 valence electrons. The van der Waals surface area contributed by atoms with E-state index in [4.69, 9.17) is 14.5 Å². The second-order valence-corrected chi connectivity index (χ2v) is 9.81. The van der Waals surface area contributed by atoms with Gasteiger partial charge in [-0.3, -0.25) is 4.79 Å². The van der Waals surface area contributed by atoms with Crippen LogP contribution in [0.25, 0.3) is 0 Å². The van der Waals surface area contributed by atoms with Crippen LogP contribution in [0.3, 0.4) is 0 Å². The molecule has 1 aromatic rings. The van der Waals surface area contributed by atoms with E-state index in [-0.39, 0.29) is 18.3 Å². The number of hydrogen-bond donors (Lipinski definition) is 0. The van der Waals surface area contributed by atoms with Crippen LogP contribution in [0.5, 0.6) is 0 Å². The number of carbonyl (C=O) groups excluding carboxylic acids is 2. The molecule has 0 spiro atoms. The lowest BCUT2D eigenvalue weighted by molar-refractivity contribution is -0.150. The summed E-state index contributed by atoms with van der Waals surface area (Å²) >= 11 is 1.48. The highest BCUT2D eigenvalue weighted by Gasteiger charge is 2.42. The maximum absolute atomic E-state index is 13.3. The molecule has 32 heavy (non-hydrogen) atoms. The van der Waals surface area contributed by atoms with Crippen molar-refractivity contribution in [3.8, 4) is 0 Å². The fourth-order valence-corrected chi connectivity index (χ4v) is 4.96. The van der Waals surface area contributed by atoms with E-state index in [2.05, 4.69) is 0 Å². The van der Waals surface area contributed by atoms with Crippen molar-refractivity contribution in [2.24, 2.45) is 4.99 Å². The molecule has 0 radical (unpaired) electrons. The Morgan fingerprint density at radius 1 is 1.19 bits per heavy atom. The molecule has 8 heteroatoms. The number of fused-ring (bicyclic) bond motifs is 1. The number of carbonyl (C=O) groups is 2. The summed E-state index contributed by atoms with van der Waals surface area (Å²) in [4.78, 5) is 34.8. The van der Waals surface area contributed by atoms with Crippen LogP contribution in [0.1, 0.15) is 45.7 Å². The molecule has 0 unspecified atom stereocenters. The summed E-state index contributed by atoms with van der Waals surface area (Å²) in [6.45, 7) is 9.74. The Balaban J connectivity index is 1.68. The van der Waals surface area contributed by atoms with Crippen LogP contribution in [-0.2, 0) is 19.1 Å². The van der Waals surface area contributed by atoms with Gasteiger partial charge in [0, 0.05) is 18.8 Å². The number of ether oxygens (including phenoxy) is 2. The number of rotatable bonds is 4. The van der Waals surface area contributed by atoms with E-state index in [0.29, 0.717) is 37.6 Å². The van der Waals surface area contributed by atoms with Crippen molar-refractivity contribution in [1.29, 1.82) is 0 Å². The molecular weight excluding hydrogens is 426 g/mol. The minimum Gasteiger partial charge on any atom is -0.456 e. The van der Waals surface area contributed by atoms with Crippen molar-refractivity contribution in [2.45, 2.75) is 45.8 Å². The fourth-order valence-electron chi connectivity index (χ4n) is 3.99. The van der Waals surface area contributed by atoms with Gasteiger partial charge in [-0.2, -0.15) is 0 Å². The number of thioether (sulfide) groups is 1. The van der Waals surface area contributed by atoms with Crippen LogP contribution in [-0.4, -0.2) is 58.7 Å². The van der Waals surface area contributed by atoms with Crippen molar-refractivity contribution in [3.05, 3.63) is 58.3 Å². The van der Waals surface area contributed by atoms with Crippen LogP contribution >= 0.6 is 11.8 Å². The van der Waals surface area contributed by atoms with Gasteiger partial charge in [-0.25, -0.2) is 9.79 Å². The Morgan fingerprint density at radius 3 is 2.53 bits per heavy atom. The molecule has 0 bridgehead atoms. The molecule has 3 aliphatic heterocycles. The molecule has 1 saturated heterocycles. The quantitative estimate of drug-likeness (QED) is 0.642. The smallest absolute Gasteiger partial charge is 0.338 e. The summed E-state index contributed by atoms with van der Waals surface area (Å²) in [6, 6.07) is 9.44. The number of hydrogen-bond acceptors (Lipinski definition) is 7. The standard InChI is InChI=1S/C24H29N3O4S/c1-16-20(22(29)31-24(2,3)4)21(17-8-6-5-7-9-17)27-18(15-32-23(27)25-16)14-19(28)26-10-12-30-13-11-26/h5-9,15,21H,10-14H2,1-4H3/t21-/m0/s1. The van der Waals surface area contributed by atoms with E-state index in [9.17, 15) is 9.59 Å². The van der Waals surface area contributed by atoms with Gasteiger partial charge < -0.3 is 19.3 Å². The van der Waals surface area contributed by atoms with Crippen molar-refractivity contribution in [1.82, 2.24) is 9.80 Å². The van der Waals surface area contributed by atoms with Crippen LogP contribution in [0.15, 0.2) is 57.7 Å². The molecule has 1 atom stereocenters. The van der Waals surface area contributed by atoms with Crippen LogP contribution < -0.4 is 0 Å². The van der Waals surface area contributed by atoms with Gasteiger partial charge in [0.05, 0.1) is 36.9 Å². The number of morpholine rings is 1. The third-order valence-electron chi connectivity index (χ3n) is 5.43. The highest BCUT2D eigenvalue weighted by Crippen LogP contribution is 2.45. The molecule has 0 aliphatic carbocycles. The molecule has 7 nitrogen and oxygen atoms in total. The normalized spacial score (nSPS) is 21.2. The van der Waals surface area contributed by atoms with Gasteiger partial charge in [0.15, 0.2) is 5.17 Å². The van der Waals surface area contributed by atoms with Gasteiger partial charge in [0.2, 0.25) is 5.91 Å². The summed E-state index contributed by atoms with van der Waals surface area (Å²) < 4.78 is 11.1. The van der Waals surface area contributed by atoms with E-state index in [0.717, 1.165) is 16.4 Å². The Labute approximate surface area is 193 Å². The van der Waals surface area contributed by atoms with Gasteiger partial charge in [-0.05, 0) is 38.7 Å². The average molecular weight is 456 g/mol. The average Bonchev–Trinajstić information content (AvgIpc) is 3.14. The summed E-state index contributed by atoms with van der Waals surface area (Å²) in [5.74, 6) is -0.333. The number of amidine groups is 1. The first-order valence-electron chi connectivity index (χ1n) is 10.8. The first-order valence-corrected chi connectivity index (χ1v) is 11.7. The minimum absolute atomic E-state index is 0.0540. The van der Waals surface area contributed by atoms with Crippen molar-refractivity contribution in [3.63, 3.8) is 0 Å². The lowest BCUT2D eigenvalue weighted by Crippen LogP contribution is -2.42. The SMILES string of the molecule is CC1=C(C(=O)OC(C)(C)C)[C@H](c2ccccc2)N2C(CC(=O)N3CCOCC3)=CSC2=N1. The molecule has 1 amide bonds. The Morgan fingerprint density at radius 2 is 1.88 bits per heavy atom. The maximum atomic E-state index is 13.3. The van der Waals surface area contributed by atoms with Crippen molar-refractivity contribution >= 4 is 28.8 Å². The van der Waals surface area contributed by atoms with E-state index >= 15 is 0 Å². The molecule has 1 aromatic carbocycles. The van der Waals surface area contributed by atoms with Crippen LogP contribution in [0, 0.1) is 0 Å². The van der Waals surface area contributed by atoms with Gasteiger partial charge in [0.1, 0.15) is 5.60 Å².